The molecule has 8 atom stereocenters. The van der Waals surface area contributed by atoms with Crippen molar-refractivity contribution in [2.24, 2.45) is 28.6 Å². The van der Waals surface area contributed by atoms with Crippen molar-refractivity contribution in [1.82, 2.24) is 0 Å². The van der Waals surface area contributed by atoms with E-state index in [4.69, 9.17) is 9.47 Å². The molecule has 0 unspecified atom stereocenters. The zero-order valence-corrected chi connectivity index (χ0v) is 18.9. The van der Waals surface area contributed by atoms with Crippen LogP contribution in [0.2, 0.25) is 0 Å². The van der Waals surface area contributed by atoms with Crippen LogP contribution in [0.1, 0.15) is 73.1 Å². The fraction of sp³-hybridized carbons (Fsp3) is 0.760. The number of allylic oxidation sites excluding steroid dienone is 2. The van der Waals surface area contributed by atoms with Gasteiger partial charge in [-0.25, -0.2) is 0 Å². The van der Waals surface area contributed by atoms with E-state index in [-0.39, 0.29) is 40.9 Å². The number of ether oxygens (including phenoxy) is 2. The summed E-state index contributed by atoms with van der Waals surface area (Å²) in [5.41, 5.74) is 2.48. The number of carbonyl (C=O) groups excluding carboxylic acids is 2. The van der Waals surface area contributed by atoms with Crippen molar-refractivity contribution < 1.29 is 24.2 Å². The summed E-state index contributed by atoms with van der Waals surface area (Å²) in [6.45, 7) is 9.43. The molecule has 166 valence electrons. The van der Waals surface area contributed by atoms with Crippen LogP contribution in [0, 0.1) is 28.6 Å². The molecule has 0 heterocycles. The second-order valence-electron chi connectivity index (χ2n) is 10.4. The molecule has 0 aromatic heterocycles. The van der Waals surface area contributed by atoms with Crippen LogP contribution in [0.5, 0.6) is 0 Å². The molecular formula is C25H36O5. The van der Waals surface area contributed by atoms with Crippen LogP contribution >= 0.6 is 0 Å². The quantitative estimate of drug-likeness (QED) is 0.547. The first-order valence-corrected chi connectivity index (χ1v) is 11.5. The minimum absolute atomic E-state index is 0.0168. The minimum atomic E-state index is -0.446. The van der Waals surface area contributed by atoms with Gasteiger partial charge in [0.15, 0.2) is 0 Å². The van der Waals surface area contributed by atoms with Gasteiger partial charge < -0.3 is 14.6 Å². The Hall–Kier alpha value is -1.62. The summed E-state index contributed by atoms with van der Waals surface area (Å²) in [6, 6.07) is 0. The molecule has 0 aromatic carbocycles. The smallest absolute Gasteiger partial charge is 0.302 e. The van der Waals surface area contributed by atoms with Crippen molar-refractivity contribution in [3.05, 3.63) is 23.3 Å². The van der Waals surface area contributed by atoms with Gasteiger partial charge >= 0.3 is 11.9 Å². The summed E-state index contributed by atoms with van der Waals surface area (Å²) < 4.78 is 11.1. The van der Waals surface area contributed by atoms with Crippen LogP contribution < -0.4 is 0 Å². The summed E-state index contributed by atoms with van der Waals surface area (Å²) in [5, 5.41) is 11.4. The molecule has 0 radical (unpaired) electrons. The standard InChI is InChI=1S/C25H36O5/c1-14(29-15(2)26)20-8-9-21-19-7-6-17-12-18(30-16(3)27)10-11-24(17,4)22(19)13-23(28)25(20,21)5/h6,9,14,18-20,22-23,28H,7-8,10-13H2,1-5H3/t14-,18+,19+,20-,22+,23+,24+,25-/m1/s1. The van der Waals surface area contributed by atoms with Gasteiger partial charge in [-0.2, -0.15) is 0 Å². The van der Waals surface area contributed by atoms with Gasteiger partial charge in [0.2, 0.25) is 0 Å². The second-order valence-corrected chi connectivity index (χ2v) is 10.4. The Morgan fingerprint density at radius 3 is 2.57 bits per heavy atom. The van der Waals surface area contributed by atoms with Gasteiger partial charge in [-0.3, -0.25) is 9.59 Å². The lowest BCUT2D eigenvalue weighted by Crippen LogP contribution is -2.55. The highest BCUT2D eigenvalue weighted by Gasteiger charge is 2.60. The van der Waals surface area contributed by atoms with Gasteiger partial charge in [0, 0.05) is 31.6 Å². The molecule has 4 aliphatic carbocycles. The van der Waals surface area contributed by atoms with Crippen molar-refractivity contribution in [2.75, 3.05) is 0 Å². The summed E-state index contributed by atoms with van der Waals surface area (Å²) >= 11 is 0. The molecule has 4 aliphatic rings. The number of fused-ring (bicyclic) bond motifs is 5. The molecule has 0 saturated heterocycles. The van der Waals surface area contributed by atoms with Crippen LogP contribution in [-0.4, -0.2) is 35.4 Å². The minimum Gasteiger partial charge on any atom is -0.463 e. The van der Waals surface area contributed by atoms with Crippen LogP contribution in [-0.2, 0) is 19.1 Å². The Bertz CT molecular complexity index is 797. The molecule has 2 fully saturated rings. The molecule has 5 heteroatoms. The average molecular weight is 417 g/mol. The molecule has 0 spiro atoms. The number of rotatable bonds is 3. The van der Waals surface area contributed by atoms with Gasteiger partial charge in [0.05, 0.1) is 6.10 Å². The van der Waals surface area contributed by atoms with Crippen molar-refractivity contribution in [1.29, 1.82) is 0 Å². The largest absolute Gasteiger partial charge is 0.463 e. The third kappa shape index (κ3) is 3.24. The molecule has 2 saturated carbocycles. The van der Waals surface area contributed by atoms with E-state index in [9.17, 15) is 14.7 Å². The topological polar surface area (TPSA) is 72.8 Å². The summed E-state index contributed by atoms with van der Waals surface area (Å²) in [5.74, 6) is 0.473. The van der Waals surface area contributed by atoms with Crippen LogP contribution in [0.3, 0.4) is 0 Å². The van der Waals surface area contributed by atoms with Crippen molar-refractivity contribution >= 4 is 11.9 Å². The van der Waals surface area contributed by atoms with Crippen molar-refractivity contribution in [2.45, 2.75) is 91.5 Å². The molecular weight excluding hydrogens is 380 g/mol. The molecule has 1 N–H and O–H groups in total. The number of hydrogen-bond donors (Lipinski definition) is 1. The highest BCUT2D eigenvalue weighted by Crippen LogP contribution is 2.65. The SMILES string of the molecule is CC(=O)O[C@H]1CC[C@@]2(C)C(=CC[C@H]3C4=CC[C@H]([C@@H](C)OC(C)=O)[C@@]4(C)[C@@H](O)C[C@@H]32)C1. The summed E-state index contributed by atoms with van der Waals surface area (Å²) in [6.07, 6.45) is 9.33. The lowest BCUT2D eigenvalue weighted by atomic mass is 9.48. The first-order valence-electron chi connectivity index (χ1n) is 11.5. The maximum Gasteiger partial charge on any atom is 0.302 e. The number of aliphatic hydroxyl groups is 1. The van der Waals surface area contributed by atoms with E-state index in [0.717, 1.165) is 38.5 Å². The van der Waals surface area contributed by atoms with Gasteiger partial charge in [-0.1, -0.05) is 37.1 Å². The normalized spacial score (nSPS) is 43.3. The number of carbonyl (C=O) groups is 2. The maximum atomic E-state index is 11.5. The molecule has 0 aromatic rings. The van der Waals surface area contributed by atoms with Gasteiger partial charge in [0.1, 0.15) is 12.2 Å². The summed E-state index contributed by atoms with van der Waals surface area (Å²) in [7, 11) is 0. The lowest BCUT2D eigenvalue weighted by molar-refractivity contribution is -0.154. The molecule has 5 nitrogen and oxygen atoms in total. The van der Waals surface area contributed by atoms with E-state index in [1.807, 2.05) is 6.92 Å². The van der Waals surface area contributed by atoms with E-state index in [1.54, 1.807) is 0 Å². The van der Waals surface area contributed by atoms with Crippen LogP contribution in [0.25, 0.3) is 0 Å². The highest BCUT2D eigenvalue weighted by atomic mass is 16.5. The number of aliphatic hydroxyl groups excluding tert-OH is 1. The Kier molecular flexibility index (Phi) is 5.41. The van der Waals surface area contributed by atoms with Gasteiger partial charge in [0.25, 0.3) is 0 Å². The third-order valence-electron chi connectivity index (χ3n) is 8.89. The van der Waals surface area contributed by atoms with Gasteiger partial charge in [-0.15, -0.1) is 0 Å². The summed E-state index contributed by atoms with van der Waals surface area (Å²) in [4.78, 5) is 23.0. The van der Waals surface area contributed by atoms with E-state index in [1.165, 1.54) is 25.0 Å². The van der Waals surface area contributed by atoms with Crippen molar-refractivity contribution in [3.63, 3.8) is 0 Å². The molecule has 0 aliphatic heterocycles. The van der Waals surface area contributed by atoms with Crippen LogP contribution in [0.4, 0.5) is 0 Å². The Balaban J connectivity index is 1.60. The molecule has 30 heavy (non-hydrogen) atoms. The third-order valence-corrected chi connectivity index (χ3v) is 8.89. The molecule has 0 bridgehead atoms. The highest BCUT2D eigenvalue weighted by molar-refractivity contribution is 5.66. The van der Waals surface area contributed by atoms with Crippen LogP contribution in [0.15, 0.2) is 23.3 Å². The lowest BCUT2D eigenvalue weighted by Gasteiger charge is -2.58. The van der Waals surface area contributed by atoms with Crippen molar-refractivity contribution in [3.8, 4) is 0 Å². The predicted octanol–water partition coefficient (Wildman–Crippen LogP) is 4.34. The number of esters is 2. The zero-order valence-electron chi connectivity index (χ0n) is 18.9. The first-order chi connectivity index (χ1) is 14.1. The van der Waals surface area contributed by atoms with E-state index < -0.39 is 6.10 Å². The Morgan fingerprint density at radius 1 is 1.17 bits per heavy atom. The Morgan fingerprint density at radius 2 is 1.90 bits per heavy atom. The van der Waals surface area contributed by atoms with E-state index >= 15 is 0 Å². The van der Waals surface area contributed by atoms with Gasteiger partial charge in [-0.05, 0) is 56.3 Å². The Labute approximate surface area is 179 Å². The first kappa shape index (κ1) is 21.6. The maximum absolute atomic E-state index is 11.5. The fourth-order valence-corrected chi connectivity index (χ4v) is 7.35. The number of hydrogen-bond acceptors (Lipinski definition) is 5. The monoisotopic (exact) mass is 416 g/mol. The fourth-order valence-electron chi connectivity index (χ4n) is 7.35. The average Bonchev–Trinajstić information content (AvgIpc) is 3.01. The molecule has 0 amide bonds. The zero-order chi connectivity index (χ0) is 21.8. The second kappa shape index (κ2) is 7.51. The molecule has 4 rings (SSSR count). The predicted molar refractivity (Wildman–Crippen MR) is 113 cm³/mol. The van der Waals surface area contributed by atoms with E-state index in [2.05, 4.69) is 26.0 Å². The van der Waals surface area contributed by atoms with E-state index in [0.29, 0.717) is 11.8 Å².